The van der Waals surface area contributed by atoms with Crippen LogP contribution in [0.1, 0.15) is 24.3 Å². The molecule has 0 unspecified atom stereocenters. The van der Waals surface area contributed by atoms with Crippen LogP contribution in [0.2, 0.25) is 0 Å². The zero-order valence-electron chi connectivity index (χ0n) is 12.3. The van der Waals surface area contributed by atoms with Crippen LogP contribution in [0.5, 0.6) is 0 Å². The van der Waals surface area contributed by atoms with E-state index in [-0.39, 0.29) is 16.5 Å². The molecule has 0 saturated carbocycles. The third-order valence-electron chi connectivity index (χ3n) is 3.07. The van der Waals surface area contributed by atoms with Gasteiger partial charge in [-0.1, -0.05) is 12.1 Å². The molecule has 0 bridgehead atoms. The Morgan fingerprint density at radius 3 is 2.70 bits per heavy atom. The summed E-state index contributed by atoms with van der Waals surface area (Å²) >= 11 is 0. The first kappa shape index (κ1) is 16.7. The topological polar surface area (TPSA) is 112 Å². The Hall–Kier alpha value is -2.63. The minimum Gasteiger partial charge on any atom is -0.467 e. The van der Waals surface area contributed by atoms with Crippen molar-refractivity contribution in [2.45, 2.75) is 17.9 Å². The van der Waals surface area contributed by atoms with Gasteiger partial charge in [0.2, 0.25) is 15.9 Å². The summed E-state index contributed by atoms with van der Waals surface area (Å²) in [4.78, 5) is 11.7. The third kappa shape index (κ3) is 4.18. The van der Waals surface area contributed by atoms with Gasteiger partial charge in [0.05, 0.1) is 29.3 Å². The Morgan fingerprint density at radius 1 is 1.30 bits per heavy atom. The van der Waals surface area contributed by atoms with E-state index in [0.717, 1.165) is 0 Å². The van der Waals surface area contributed by atoms with Gasteiger partial charge in [-0.05, 0) is 31.2 Å². The minimum atomic E-state index is -3.94. The lowest BCUT2D eigenvalue weighted by molar-refractivity contribution is -0.120. The van der Waals surface area contributed by atoms with E-state index in [0.29, 0.717) is 5.76 Å². The third-order valence-corrected chi connectivity index (χ3v) is 4.53. The van der Waals surface area contributed by atoms with Gasteiger partial charge in [-0.2, -0.15) is 5.26 Å². The fraction of sp³-hybridized carbons (Fsp3) is 0.200. The molecule has 2 N–H and O–H groups in total. The molecule has 0 aliphatic heterocycles. The first-order valence-corrected chi connectivity index (χ1v) is 8.24. The molecule has 23 heavy (non-hydrogen) atoms. The molecule has 7 nitrogen and oxygen atoms in total. The second-order valence-corrected chi connectivity index (χ2v) is 6.47. The van der Waals surface area contributed by atoms with Crippen molar-refractivity contribution in [3.8, 4) is 6.07 Å². The van der Waals surface area contributed by atoms with Crippen molar-refractivity contribution >= 4 is 15.9 Å². The molecule has 120 valence electrons. The highest BCUT2D eigenvalue weighted by Crippen LogP contribution is 2.14. The maximum Gasteiger partial charge on any atom is 0.242 e. The highest BCUT2D eigenvalue weighted by Gasteiger charge is 2.20. The predicted molar refractivity (Wildman–Crippen MR) is 81.6 cm³/mol. The lowest BCUT2D eigenvalue weighted by atomic mass is 10.2. The Labute approximate surface area is 134 Å². The summed E-state index contributed by atoms with van der Waals surface area (Å²) in [6, 6.07) is 10.6. The quantitative estimate of drug-likeness (QED) is 0.827. The number of hydrogen-bond acceptors (Lipinski definition) is 5. The molecule has 8 heteroatoms. The number of furan rings is 1. The Morgan fingerprint density at radius 2 is 2.04 bits per heavy atom. The van der Waals surface area contributed by atoms with Gasteiger partial charge in [0.1, 0.15) is 11.8 Å². The average molecular weight is 333 g/mol. The zero-order valence-corrected chi connectivity index (χ0v) is 13.1. The molecule has 0 aliphatic carbocycles. The molecule has 1 amide bonds. The normalized spacial score (nSPS) is 12.3. The summed E-state index contributed by atoms with van der Waals surface area (Å²) in [7, 11) is -3.94. The second kappa shape index (κ2) is 7.09. The lowest BCUT2D eigenvalue weighted by Gasteiger charge is -2.12. The van der Waals surface area contributed by atoms with Crippen molar-refractivity contribution in [3.05, 3.63) is 54.0 Å². The van der Waals surface area contributed by atoms with E-state index in [1.54, 1.807) is 25.1 Å². The molecule has 0 radical (unpaired) electrons. The zero-order chi connectivity index (χ0) is 16.9. The van der Waals surface area contributed by atoms with E-state index in [1.165, 1.54) is 24.5 Å². The second-order valence-electron chi connectivity index (χ2n) is 4.74. The molecule has 0 spiro atoms. The van der Waals surface area contributed by atoms with Crippen molar-refractivity contribution in [2.24, 2.45) is 0 Å². The van der Waals surface area contributed by atoms with E-state index in [9.17, 15) is 13.2 Å². The summed E-state index contributed by atoms with van der Waals surface area (Å²) in [5.41, 5.74) is 0.0179. The summed E-state index contributed by atoms with van der Waals surface area (Å²) in [5, 5.41) is 11.6. The average Bonchev–Trinajstić information content (AvgIpc) is 3.07. The molecule has 0 fully saturated rings. The van der Waals surface area contributed by atoms with Crippen molar-refractivity contribution in [2.75, 3.05) is 6.54 Å². The van der Waals surface area contributed by atoms with Crippen LogP contribution >= 0.6 is 0 Å². The van der Waals surface area contributed by atoms with Crippen LogP contribution in [-0.4, -0.2) is 20.9 Å². The van der Waals surface area contributed by atoms with Gasteiger partial charge in [-0.15, -0.1) is 0 Å². The molecule has 1 aromatic heterocycles. The van der Waals surface area contributed by atoms with E-state index < -0.39 is 22.5 Å². The Kier molecular flexibility index (Phi) is 5.16. The maximum absolute atomic E-state index is 12.2. The van der Waals surface area contributed by atoms with Crippen molar-refractivity contribution in [3.63, 3.8) is 0 Å². The summed E-state index contributed by atoms with van der Waals surface area (Å²) in [5.74, 6) is 0.0583. The van der Waals surface area contributed by atoms with Gasteiger partial charge in [0.25, 0.3) is 0 Å². The predicted octanol–water partition coefficient (Wildman–Crippen LogP) is 1.31. The van der Waals surface area contributed by atoms with Crippen LogP contribution < -0.4 is 10.0 Å². The van der Waals surface area contributed by atoms with Crippen LogP contribution in [0.25, 0.3) is 0 Å². The number of benzene rings is 1. The van der Waals surface area contributed by atoms with E-state index >= 15 is 0 Å². The number of hydrogen-bond donors (Lipinski definition) is 2. The first-order valence-electron chi connectivity index (χ1n) is 6.75. The SMILES string of the molecule is C[C@@H](NC(=O)CNS(=O)(=O)c1ccccc1C#N)c1ccco1. The number of carbonyl (C=O) groups is 1. The van der Waals surface area contributed by atoms with Crippen LogP contribution in [-0.2, 0) is 14.8 Å². The van der Waals surface area contributed by atoms with Crippen molar-refractivity contribution in [1.29, 1.82) is 5.26 Å². The number of nitrogens with one attached hydrogen (secondary N) is 2. The molecule has 2 aromatic rings. The van der Waals surface area contributed by atoms with Gasteiger partial charge in [0.15, 0.2) is 0 Å². The van der Waals surface area contributed by atoms with E-state index in [1.807, 2.05) is 6.07 Å². The lowest BCUT2D eigenvalue weighted by Crippen LogP contribution is -2.38. The van der Waals surface area contributed by atoms with Crippen molar-refractivity contribution < 1.29 is 17.6 Å². The highest BCUT2D eigenvalue weighted by atomic mass is 32.2. The van der Waals surface area contributed by atoms with Crippen LogP contribution in [0.15, 0.2) is 52.0 Å². The highest BCUT2D eigenvalue weighted by molar-refractivity contribution is 7.89. The Bertz CT molecular complexity index is 823. The largest absolute Gasteiger partial charge is 0.467 e. The number of sulfonamides is 1. The molecule has 0 saturated heterocycles. The van der Waals surface area contributed by atoms with Gasteiger partial charge in [-0.25, -0.2) is 13.1 Å². The summed E-state index contributed by atoms with van der Waals surface area (Å²) < 4.78 is 31.7. The summed E-state index contributed by atoms with van der Waals surface area (Å²) in [6.45, 7) is 1.28. The number of rotatable bonds is 6. The van der Waals surface area contributed by atoms with Gasteiger partial charge in [-0.3, -0.25) is 4.79 Å². The maximum atomic E-state index is 12.2. The monoisotopic (exact) mass is 333 g/mol. The molecular formula is C15H15N3O4S. The van der Waals surface area contributed by atoms with Crippen LogP contribution in [0.3, 0.4) is 0 Å². The standard InChI is InChI=1S/C15H15N3O4S/c1-11(13-6-4-8-22-13)18-15(19)10-17-23(20,21)14-7-3-2-5-12(14)9-16/h2-8,11,17H,10H2,1H3,(H,18,19)/t11-/m1/s1. The van der Waals surface area contributed by atoms with Crippen LogP contribution in [0.4, 0.5) is 0 Å². The molecule has 1 atom stereocenters. The molecule has 0 aliphatic rings. The molecular weight excluding hydrogens is 318 g/mol. The fourth-order valence-corrected chi connectivity index (χ4v) is 3.07. The molecule has 1 heterocycles. The number of carbonyl (C=O) groups excluding carboxylic acids is 1. The number of nitriles is 1. The molecule has 1 aromatic carbocycles. The van der Waals surface area contributed by atoms with Crippen molar-refractivity contribution in [1.82, 2.24) is 10.0 Å². The van der Waals surface area contributed by atoms with E-state index in [2.05, 4.69) is 10.0 Å². The fourth-order valence-electron chi connectivity index (χ4n) is 1.93. The van der Waals surface area contributed by atoms with Gasteiger partial charge >= 0.3 is 0 Å². The van der Waals surface area contributed by atoms with Gasteiger partial charge in [0, 0.05) is 0 Å². The van der Waals surface area contributed by atoms with E-state index in [4.69, 9.17) is 9.68 Å². The number of nitrogens with zero attached hydrogens (tertiary/aromatic N) is 1. The minimum absolute atomic E-state index is 0.0179. The van der Waals surface area contributed by atoms with Crippen LogP contribution in [0, 0.1) is 11.3 Å². The summed E-state index contributed by atoms with van der Waals surface area (Å²) in [6.07, 6.45) is 1.49. The Balaban J connectivity index is 1.99. The number of amides is 1. The van der Waals surface area contributed by atoms with Gasteiger partial charge < -0.3 is 9.73 Å². The first-order chi connectivity index (χ1) is 10.9. The smallest absolute Gasteiger partial charge is 0.242 e. The molecule has 2 rings (SSSR count).